The van der Waals surface area contributed by atoms with E-state index in [9.17, 15) is 9.90 Å². The Balaban J connectivity index is 2.19. The van der Waals surface area contributed by atoms with Crippen LogP contribution < -0.4 is 5.32 Å². The first-order chi connectivity index (χ1) is 8.08. The molecule has 17 heavy (non-hydrogen) atoms. The molecular weight excluding hydrogens is 258 g/mol. The second-order valence-electron chi connectivity index (χ2n) is 3.55. The number of thiophene rings is 1. The van der Waals surface area contributed by atoms with Crippen molar-refractivity contribution in [2.24, 2.45) is 0 Å². The molecule has 0 aliphatic carbocycles. The van der Waals surface area contributed by atoms with Gasteiger partial charge in [0.2, 0.25) is 0 Å². The Morgan fingerprint density at radius 3 is 2.76 bits per heavy atom. The Morgan fingerprint density at radius 1 is 1.41 bits per heavy atom. The van der Waals surface area contributed by atoms with Crippen molar-refractivity contribution in [3.05, 3.63) is 45.1 Å². The van der Waals surface area contributed by atoms with Crippen molar-refractivity contribution in [1.29, 1.82) is 0 Å². The minimum absolute atomic E-state index is 0.206. The maximum Gasteiger partial charge on any atom is 0.267 e. The van der Waals surface area contributed by atoms with Gasteiger partial charge < -0.3 is 10.4 Å². The standard InChI is InChI=1S/C12H10ClNO2S/c1-7-6-8(2-3-10(7)15)14-12(16)11-9(13)4-5-17-11/h2-6,15H,1H3,(H,14,16). The number of hydrogen-bond donors (Lipinski definition) is 2. The number of carbonyl (C=O) groups is 1. The van der Waals surface area contributed by atoms with Crippen LogP contribution in [0.4, 0.5) is 5.69 Å². The van der Waals surface area contributed by atoms with Gasteiger partial charge in [-0.1, -0.05) is 11.6 Å². The average Bonchev–Trinajstić information content (AvgIpc) is 2.70. The quantitative estimate of drug-likeness (QED) is 0.816. The number of aryl methyl sites for hydroxylation is 1. The van der Waals surface area contributed by atoms with Crippen molar-refractivity contribution in [3.63, 3.8) is 0 Å². The third kappa shape index (κ3) is 2.60. The first-order valence-electron chi connectivity index (χ1n) is 4.92. The normalized spacial score (nSPS) is 10.2. The molecule has 1 amide bonds. The number of phenols is 1. The van der Waals surface area contributed by atoms with Crippen molar-refractivity contribution in [2.45, 2.75) is 6.92 Å². The highest BCUT2D eigenvalue weighted by atomic mass is 35.5. The maximum absolute atomic E-state index is 11.8. The summed E-state index contributed by atoms with van der Waals surface area (Å²) in [6.45, 7) is 1.77. The van der Waals surface area contributed by atoms with E-state index in [0.717, 1.165) is 0 Å². The first kappa shape index (κ1) is 12.0. The van der Waals surface area contributed by atoms with Crippen LogP contribution in [0.25, 0.3) is 0 Å². The number of rotatable bonds is 2. The van der Waals surface area contributed by atoms with Crippen LogP contribution in [0.3, 0.4) is 0 Å². The van der Waals surface area contributed by atoms with Crippen LogP contribution in [0, 0.1) is 6.92 Å². The largest absolute Gasteiger partial charge is 0.508 e. The fraction of sp³-hybridized carbons (Fsp3) is 0.0833. The fourth-order valence-corrected chi connectivity index (χ4v) is 2.41. The number of hydrogen-bond acceptors (Lipinski definition) is 3. The summed E-state index contributed by atoms with van der Waals surface area (Å²) in [5, 5.41) is 14.3. The van der Waals surface area contributed by atoms with Crippen molar-refractivity contribution < 1.29 is 9.90 Å². The van der Waals surface area contributed by atoms with Gasteiger partial charge in [0.25, 0.3) is 5.91 Å². The van der Waals surface area contributed by atoms with Crippen LogP contribution in [0.1, 0.15) is 15.2 Å². The predicted octanol–water partition coefficient (Wildman–Crippen LogP) is 3.67. The second kappa shape index (κ2) is 4.77. The third-order valence-electron chi connectivity index (χ3n) is 2.28. The van der Waals surface area contributed by atoms with Crippen molar-refractivity contribution in [3.8, 4) is 5.75 Å². The molecule has 0 aliphatic rings. The molecule has 0 fully saturated rings. The molecule has 0 saturated carbocycles. The van der Waals surface area contributed by atoms with Crippen LogP contribution in [0.5, 0.6) is 5.75 Å². The van der Waals surface area contributed by atoms with Gasteiger partial charge in [-0.2, -0.15) is 0 Å². The van der Waals surface area contributed by atoms with Crippen LogP contribution in [0.2, 0.25) is 5.02 Å². The number of halogens is 1. The van der Waals surface area contributed by atoms with E-state index in [2.05, 4.69) is 5.32 Å². The molecule has 0 bridgehead atoms. The molecule has 0 saturated heterocycles. The lowest BCUT2D eigenvalue weighted by atomic mass is 10.2. The van der Waals surface area contributed by atoms with E-state index in [1.54, 1.807) is 36.6 Å². The number of carbonyl (C=O) groups excluding carboxylic acids is 1. The van der Waals surface area contributed by atoms with Gasteiger partial charge in [0.1, 0.15) is 10.6 Å². The molecule has 5 heteroatoms. The van der Waals surface area contributed by atoms with Gasteiger partial charge in [-0.25, -0.2) is 0 Å². The summed E-state index contributed by atoms with van der Waals surface area (Å²) in [6.07, 6.45) is 0. The van der Waals surface area contributed by atoms with Gasteiger partial charge >= 0.3 is 0 Å². The second-order valence-corrected chi connectivity index (χ2v) is 4.88. The lowest BCUT2D eigenvalue weighted by molar-refractivity contribution is 0.103. The highest BCUT2D eigenvalue weighted by Gasteiger charge is 2.12. The zero-order valence-electron chi connectivity index (χ0n) is 9.03. The molecule has 0 aliphatic heterocycles. The first-order valence-corrected chi connectivity index (χ1v) is 6.17. The molecule has 1 aromatic carbocycles. The molecule has 2 aromatic rings. The predicted molar refractivity (Wildman–Crippen MR) is 70.1 cm³/mol. The lowest BCUT2D eigenvalue weighted by Crippen LogP contribution is -2.10. The number of phenolic OH excluding ortho intramolecular Hbond substituents is 1. The Kier molecular flexibility index (Phi) is 3.36. The van der Waals surface area contributed by atoms with E-state index < -0.39 is 0 Å². The van der Waals surface area contributed by atoms with Crippen molar-refractivity contribution in [2.75, 3.05) is 5.32 Å². The molecule has 0 unspecified atom stereocenters. The zero-order chi connectivity index (χ0) is 12.4. The Bertz CT molecular complexity index is 565. The van der Waals surface area contributed by atoms with E-state index in [1.165, 1.54) is 11.3 Å². The highest BCUT2D eigenvalue weighted by molar-refractivity contribution is 7.12. The average molecular weight is 268 g/mol. The van der Waals surface area contributed by atoms with Gasteiger partial charge in [-0.15, -0.1) is 11.3 Å². The molecule has 2 N–H and O–H groups in total. The number of aromatic hydroxyl groups is 1. The van der Waals surface area contributed by atoms with Crippen LogP contribution >= 0.6 is 22.9 Å². The highest BCUT2D eigenvalue weighted by Crippen LogP contribution is 2.24. The summed E-state index contributed by atoms with van der Waals surface area (Å²) >= 11 is 7.16. The summed E-state index contributed by atoms with van der Waals surface area (Å²) in [4.78, 5) is 12.3. The van der Waals surface area contributed by atoms with E-state index in [4.69, 9.17) is 11.6 Å². The van der Waals surface area contributed by atoms with Gasteiger partial charge in [-0.3, -0.25) is 4.79 Å². The van der Waals surface area contributed by atoms with Crippen LogP contribution in [0.15, 0.2) is 29.6 Å². The molecule has 1 heterocycles. The number of amides is 1. The smallest absolute Gasteiger partial charge is 0.267 e. The minimum Gasteiger partial charge on any atom is -0.508 e. The molecular formula is C12H10ClNO2S. The SMILES string of the molecule is Cc1cc(NC(=O)c2sccc2Cl)ccc1O. The fourth-order valence-electron chi connectivity index (χ4n) is 1.38. The van der Waals surface area contributed by atoms with E-state index in [-0.39, 0.29) is 11.7 Å². The summed E-state index contributed by atoms with van der Waals surface area (Å²) in [5.41, 5.74) is 1.34. The summed E-state index contributed by atoms with van der Waals surface area (Å²) in [7, 11) is 0. The lowest BCUT2D eigenvalue weighted by Gasteiger charge is -2.06. The number of benzene rings is 1. The molecule has 0 atom stereocenters. The zero-order valence-corrected chi connectivity index (χ0v) is 10.6. The molecule has 88 valence electrons. The number of anilines is 1. The van der Waals surface area contributed by atoms with E-state index in [1.807, 2.05) is 0 Å². The monoisotopic (exact) mass is 267 g/mol. The van der Waals surface area contributed by atoms with Crippen LogP contribution in [-0.4, -0.2) is 11.0 Å². The van der Waals surface area contributed by atoms with Crippen LogP contribution in [-0.2, 0) is 0 Å². The third-order valence-corrected chi connectivity index (χ3v) is 3.62. The molecule has 2 rings (SSSR count). The molecule has 3 nitrogen and oxygen atoms in total. The van der Waals surface area contributed by atoms with Crippen molar-refractivity contribution >= 4 is 34.5 Å². The topological polar surface area (TPSA) is 49.3 Å². The molecule has 0 radical (unpaired) electrons. The van der Waals surface area contributed by atoms with Gasteiger partial charge in [0, 0.05) is 5.69 Å². The van der Waals surface area contributed by atoms with E-state index >= 15 is 0 Å². The minimum atomic E-state index is -0.241. The Labute approximate surface area is 108 Å². The number of nitrogens with one attached hydrogen (secondary N) is 1. The molecule has 1 aromatic heterocycles. The van der Waals surface area contributed by atoms with Crippen molar-refractivity contribution in [1.82, 2.24) is 0 Å². The molecule has 0 spiro atoms. The van der Waals surface area contributed by atoms with E-state index in [0.29, 0.717) is 21.2 Å². The van der Waals surface area contributed by atoms with Gasteiger partial charge in [-0.05, 0) is 42.1 Å². The summed E-state index contributed by atoms with van der Waals surface area (Å²) in [5.74, 6) is -0.0350. The Hall–Kier alpha value is -1.52. The Morgan fingerprint density at radius 2 is 2.18 bits per heavy atom. The van der Waals surface area contributed by atoms with Gasteiger partial charge in [0.05, 0.1) is 5.02 Å². The summed E-state index contributed by atoms with van der Waals surface area (Å²) in [6, 6.07) is 6.57. The van der Waals surface area contributed by atoms with Gasteiger partial charge in [0.15, 0.2) is 0 Å². The summed E-state index contributed by atoms with van der Waals surface area (Å²) < 4.78 is 0. The maximum atomic E-state index is 11.8.